The molecule has 4 aromatic rings. The maximum Gasteiger partial charge on any atom is 0.326 e. The van der Waals surface area contributed by atoms with Crippen molar-refractivity contribution in [3.8, 4) is 0 Å². The van der Waals surface area contributed by atoms with Crippen LogP contribution in [0.2, 0.25) is 0 Å². The standard InChI is InChI=1S/C35H39N3O4/c1-23-17-24(2)19-26(18-23)34(40)38(28-13-7-4-8-14-28)32(20-25-11-5-3-6-12-25)33(39)37-31(35(41)42)21-27-22-36-30-16-10-9-15-29(27)30/h3,5-6,9-12,15-19,22,28,31-32,36H,4,7-8,13-14,20-21H2,1-2H3,(H,37,39)(H,41,42)/t31-,32+/m0/s1. The van der Waals surface area contributed by atoms with Gasteiger partial charge in [0, 0.05) is 41.5 Å². The summed E-state index contributed by atoms with van der Waals surface area (Å²) in [5.41, 5.74) is 5.15. The molecule has 7 heteroatoms. The van der Waals surface area contributed by atoms with Gasteiger partial charge in [0.25, 0.3) is 5.91 Å². The second-order valence-corrected chi connectivity index (χ2v) is 11.5. The van der Waals surface area contributed by atoms with Crippen molar-refractivity contribution in [3.63, 3.8) is 0 Å². The number of rotatable bonds is 10. The van der Waals surface area contributed by atoms with Crippen molar-refractivity contribution in [1.29, 1.82) is 0 Å². The lowest BCUT2D eigenvalue weighted by Gasteiger charge is -2.40. The van der Waals surface area contributed by atoms with E-state index in [1.807, 2.05) is 86.6 Å². The minimum absolute atomic E-state index is 0.108. The molecule has 1 aromatic heterocycles. The Morgan fingerprint density at radius 1 is 0.905 bits per heavy atom. The predicted octanol–water partition coefficient (Wildman–Crippen LogP) is 5.98. The van der Waals surface area contributed by atoms with E-state index >= 15 is 0 Å². The highest BCUT2D eigenvalue weighted by molar-refractivity contribution is 5.99. The molecule has 0 radical (unpaired) electrons. The quantitative estimate of drug-likeness (QED) is 0.220. The number of aryl methyl sites for hydroxylation is 2. The number of fused-ring (bicyclic) bond motifs is 1. The first kappa shape index (κ1) is 29.1. The second-order valence-electron chi connectivity index (χ2n) is 11.5. The Labute approximate surface area is 246 Å². The van der Waals surface area contributed by atoms with Gasteiger partial charge >= 0.3 is 5.97 Å². The normalized spacial score (nSPS) is 15.2. The molecule has 218 valence electrons. The summed E-state index contributed by atoms with van der Waals surface area (Å²) in [6, 6.07) is 21.0. The molecule has 0 aliphatic heterocycles. The van der Waals surface area contributed by atoms with E-state index in [9.17, 15) is 19.5 Å². The minimum atomic E-state index is -1.15. The summed E-state index contributed by atoms with van der Waals surface area (Å²) in [6.07, 6.45) is 6.91. The topological polar surface area (TPSA) is 103 Å². The van der Waals surface area contributed by atoms with Gasteiger partial charge in [-0.2, -0.15) is 0 Å². The number of nitrogens with one attached hydrogen (secondary N) is 2. The Kier molecular flexibility index (Phi) is 9.06. The van der Waals surface area contributed by atoms with Crippen molar-refractivity contribution < 1.29 is 19.5 Å². The van der Waals surface area contributed by atoms with Crippen molar-refractivity contribution in [1.82, 2.24) is 15.2 Å². The van der Waals surface area contributed by atoms with E-state index in [2.05, 4.69) is 10.3 Å². The molecule has 0 unspecified atom stereocenters. The number of aromatic nitrogens is 1. The molecule has 3 aromatic carbocycles. The van der Waals surface area contributed by atoms with Crippen molar-refractivity contribution in [2.75, 3.05) is 0 Å². The highest BCUT2D eigenvalue weighted by atomic mass is 16.4. The van der Waals surface area contributed by atoms with Crippen LogP contribution in [0.5, 0.6) is 0 Å². The van der Waals surface area contributed by atoms with E-state index < -0.39 is 24.0 Å². The molecule has 0 saturated heterocycles. The summed E-state index contributed by atoms with van der Waals surface area (Å²) in [4.78, 5) is 46.0. The van der Waals surface area contributed by atoms with Gasteiger partial charge < -0.3 is 20.3 Å². The van der Waals surface area contributed by atoms with Gasteiger partial charge in [0.05, 0.1) is 0 Å². The summed E-state index contributed by atoms with van der Waals surface area (Å²) in [5.74, 6) is -1.75. The number of carbonyl (C=O) groups is 3. The molecule has 1 aliphatic rings. The lowest BCUT2D eigenvalue weighted by atomic mass is 9.90. The van der Waals surface area contributed by atoms with Gasteiger partial charge in [-0.15, -0.1) is 0 Å². The van der Waals surface area contributed by atoms with Gasteiger partial charge in [-0.05, 0) is 56.0 Å². The first-order chi connectivity index (χ1) is 20.3. The van der Waals surface area contributed by atoms with Crippen molar-refractivity contribution >= 4 is 28.7 Å². The molecule has 3 N–H and O–H groups in total. The number of nitrogens with zero attached hydrogens (tertiary/aromatic N) is 1. The lowest BCUT2D eigenvalue weighted by Crippen LogP contribution is -2.57. The predicted molar refractivity (Wildman–Crippen MR) is 164 cm³/mol. The maximum atomic E-state index is 14.3. The molecule has 2 amide bonds. The third-order valence-electron chi connectivity index (χ3n) is 8.30. The van der Waals surface area contributed by atoms with Crippen molar-refractivity contribution in [2.24, 2.45) is 0 Å². The fraction of sp³-hybridized carbons (Fsp3) is 0.343. The number of aliphatic carboxylic acids is 1. The summed E-state index contributed by atoms with van der Waals surface area (Å²) >= 11 is 0. The lowest BCUT2D eigenvalue weighted by molar-refractivity contribution is -0.142. The molecule has 0 bridgehead atoms. The first-order valence-electron chi connectivity index (χ1n) is 14.8. The second kappa shape index (κ2) is 13.1. The minimum Gasteiger partial charge on any atom is -0.480 e. The van der Waals surface area contributed by atoms with E-state index in [1.54, 1.807) is 11.1 Å². The third-order valence-corrected chi connectivity index (χ3v) is 8.30. The van der Waals surface area contributed by atoms with Gasteiger partial charge in [-0.25, -0.2) is 4.79 Å². The molecular weight excluding hydrogens is 526 g/mol. The van der Waals surface area contributed by atoms with Gasteiger partial charge in [-0.3, -0.25) is 9.59 Å². The Bertz CT molecular complexity index is 1530. The number of carboxylic acid groups (broad SMARTS) is 1. The number of aromatic amines is 1. The molecular formula is C35H39N3O4. The zero-order valence-electron chi connectivity index (χ0n) is 24.3. The number of benzene rings is 3. The number of carboxylic acids is 1. The summed E-state index contributed by atoms with van der Waals surface area (Å²) < 4.78 is 0. The fourth-order valence-corrected chi connectivity index (χ4v) is 6.31. The third kappa shape index (κ3) is 6.73. The Balaban J connectivity index is 1.50. The number of para-hydroxylation sites is 1. The van der Waals surface area contributed by atoms with E-state index in [0.29, 0.717) is 12.0 Å². The summed E-state index contributed by atoms with van der Waals surface area (Å²) in [7, 11) is 0. The van der Waals surface area contributed by atoms with Crippen molar-refractivity contribution in [2.45, 2.75) is 76.9 Å². The molecule has 5 rings (SSSR count). The van der Waals surface area contributed by atoms with Gasteiger partial charge in [0.2, 0.25) is 5.91 Å². The van der Waals surface area contributed by atoms with Crippen LogP contribution in [-0.4, -0.2) is 50.9 Å². The van der Waals surface area contributed by atoms with Gasteiger partial charge in [0.15, 0.2) is 0 Å². The van der Waals surface area contributed by atoms with Gasteiger partial charge in [-0.1, -0.05) is 85.0 Å². The van der Waals surface area contributed by atoms with E-state index in [1.165, 1.54) is 0 Å². The molecule has 42 heavy (non-hydrogen) atoms. The molecule has 2 atom stereocenters. The molecule has 7 nitrogen and oxygen atoms in total. The molecule has 0 spiro atoms. The fourth-order valence-electron chi connectivity index (χ4n) is 6.31. The average molecular weight is 566 g/mol. The highest BCUT2D eigenvalue weighted by Crippen LogP contribution is 2.28. The van der Waals surface area contributed by atoms with E-state index in [-0.39, 0.29) is 18.4 Å². The number of carbonyl (C=O) groups excluding carboxylic acids is 2. The molecule has 1 fully saturated rings. The summed E-state index contributed by atoms with van der Waals surface area (Å²) in [5, 5.41) is 14.0. The van der Waals surface area contributed by atoms with Crippen LogP contribution in [0, 0.1) is 13.8 Å². The SMILES string of the molecule is Cc1cc(C)cc(C(=O)N(C2CCCCC2)[C@H](Cc2ccccc2)C(=O)N[C@@H](Cc2c[nH]c3ccccc23)C(=O)O)c1. The number of hydrogen-bond donors (Lipinski definition) is 3. The van der Waals surface area contributed by atoms with Crippen LogP contribution < -0.4 is 5.32 Å². The number of H-pyrrole nitrogens is 1. The average Bonchev–Trinajstić information content (AvgIpc) is 3.39. The van der Waals surface area contributed by atoms with Crippen LogP contribution in [0.4, 0.5) is 0 Å². The van der Waals surface area contributed by atoms with E-state index in [0.717, 1.165) is 65.3 Å². The van der Waals surface area contributed by atoms with Crippen LogP contribution in [0.3, 0.4) is 0 Å². The molecule has 1 heterocycles. The Morgan fingerprint density at radius 3 is 2.26 bits per heavy atom. The van der Waals surface area contributed by atoms with Crippen LogP contribution in [0.15, 0.2) is 79.0 Å². The zero-order valence-corrected chi connectivity index (χ0v) is 24.3. The van der Waals surface area contributed by atoms with Crippen molar-refractivity contribution in [3.05, 3.63) is 107 Å². The van der Waals surface area contributed by atoms with Crippen LogP contribution in [0.25, 0.3) is 10.9 Å². The number of amides is 2. The smallest absolute Gasteiger partial charge is 0.326 e. The van der Waals surface area contributed by atoms with Crippen LogP contribution in [-0.2, 0) is 22.4 Å². The Morgan fingerprint density at radius 2 is 1.57 bits per heavy atom. The summed E-state index contributed by atoms with van der Waals surface area (Å²) in [6.45, 7) is 3.93. The van der Waals surface area contributed by atoms with E-state index in [4.69, 9.17) is 0 Å². The maximum absolute atomic E-state index is 14.3. The monoisotopic (exact) mass is 565 g/mol. The van der Waals surface area contributed by atoms with Crippen LogP contribution in [0.1, 0.15) is 64.7 Å². The van der Waals surface area contributed by atoms with Crippen LogP contribution >= 0.6 is 0 Å². The zero-order chi connectivity index (χ0) is 29.6. The van der Waals surface area contributed by atoms with Gasteiger partial charge in [0.1, 0.15) is 12.1 Å². The molecule has 1 saturated carbocycles. The number of hydrogen-bond acceptors (Lipinski definition) is 3. The first-order valence-corrected chi connectivity index (χ1v) is 14.8. The highest BCUT2D eigenvalue weighted by Gasteiger charge is 2.38. The molecule has 1 aliphatic carbocycles. The largest absolute Gasteiger partial charge is 0.480 e. The Hall–Kier alpha value is -4.39.